The first-order valence-electron chi connectivity index (χ1n) is 6.41. The van der Waals surface area contributed by atoms with Crippen LogP contribution in [-0.2, 0) is 0 Å². The quantitative estimate of drug-likeness (QED) is 0.833. The van der Waals surface area contributed by atoms with Gasteiger partial charge in [-0.1, -0.05) is 18.2 Å². The smallest absolute Gasteiger partial charge is 0.138 e. The Hall–Kier alpha value is -2.61. The molecule has 1 aromatic carbocycles. The van der Waals surface area contributed by atoms with Gasteiger partial charge in [-0.15, -0.1) is 0 Å². The molecule has 0 spiro atoms. The van der Waals surface area contributed by atoms with E-state index in [4.69, 9.17) is 5.26 Å². The van der Waals surface area contributed by atoms with Gasteiger partial charge in [-0.3, -0.25) is 0 Å². The lowest BCUT2D eigenvalue weighted by Gasteiger charge is -2.21. The van der Waals surface area contributed by atoms with Gasteiger partial charge in [-0.2, -0.15) is 5.26 Å². The molecule has 0 N–H and O–H groups in total. The molecular weight excluding hydrogens is 250 g/mol. The van der Waals surface area contributed by atoms with Gasteiger partial charge >= 0.3 is 0 Å². The summed E-state index contributed by atoms with van der Waals surface area (Å²) in [4.78, 5) is 12.5. The molecule has 0 aliphatic carbocycles. The van der Waals surface area contributed by atoms with Gasteiger partial charge in [0.2, 0.25) is 0 Å². The molecule has 0 unspecified atom stereocenters. The summed E-state index contributed by atoms with van der Waals surface area (Å²) in [5.74, 6) is 1.64. The van der Waals surface area contributed by atoms with Gasteiger partial charge in [0, 0.05) is 32.4 Å². The van der Waals surface area contributed by atoms with E-state index in [0.717, 1.165) is 17.3 Å². The minimum Gasteiger partial charge on any atom is -0.358 e. The van der Waals surface area contributed by atoms with E-state index in [-0.39, 0.29) is 0 Å². The summed E-state index contributed by atoms with van der Waals surface area (Å²) < 4.78 is 0. The number of anilines is 3. The highest BCUT2D eigenvalue weighted by Gasteiger charge is 2.08. The highest BCUT2D eigenvalue weighted by atomic mass is 15.2. The third-order valence-corrected chi connectivity index (χ3v) is 3.08. The van der Waals surface area contributed by atoms with E-state index in [1.807, 2.05) is 60.3 Å². The lowest BCUT2D eigenvalue weighted by Crippen LogP contribution is -2.20. The van der Waals surface area contributed by atoms with E-state index in [1.54, 1.807) is 6.33 Å². The number of para-hydroxylation sites is 1. The molecule has 1 heterocycles. The van der Waals surface area contributed by atoms with Crippen molar-refractivity contribution in [3.8, 4) is 6.07 Å². The zero-order valence-corrected chi connectivity index (χ0v) is 11.7. The fourth-order valence-electron chi connectivity index (χ4n) is 1.85. The molecule has 0 aliphatic rings. The van der Waals surface area contributed by atoms with Crippen LogP contribution in [0.1, 0.15) is 6.42 Å². The molecule has 5 heteroatoms. The van der Waals surface area contributed by atoms with E-state index in [1.165, 1.54) is 0 Å². The van der Waals surface area contributed by atoms with Crippen molar-refractivity contribution >= 4 is 17.3 Å². The van der Waals surface area contributed by atoms with Gasteiger partial charge in [0.05, 0.1) is 12.5 Å². The standard InChI is InChI=1S/C15H17N5/c1-19(10-6-9-16)14-11-15(18-12-17-14)20(2)13-7-4-3-5-8-13/h3-5,7-8,11-12H,6,10H2,1-2H3. The Morgan fingerprint density at radius 1 is 1.10 bits per heavy atom. The van der Waals surface area contributed by atoms with Crippen molar-refractivity contribution in [1.29, 1.82) is 5.26 Å². The highest BCUT2D eigenvalue weighted by molar-refractivity contribution is 5.61. The maximum Gasteiger partial charge on any atom is 0.138 e. The number of hydrogen-bond donors (Lipinski definition) is 0. The first-order chi connectivity index (χ1) is 9.72. The summed E-state index contributed by atoms with van der Waals surface area (Å²) in [5.41, 5.74) is 1.07. The molecule has 0 atom stereocenters. The summed E-state index contributed by atoms with van der Waals surface area (Å²) in [7, 11) is 3.89. The SMILES string of the molecule is CN(CCC#N)c1cc(N(C)c2ccccc2)ncn1. The Morgan fingerprint density at radius 3 is 2.50 bits per heavy atom. The second-order valence-electron chi connectivity index (χ2n) is 4.46. The van der Waals surface area contributed by atoms with Crippen LogP contribution in [0.25, 0.3) is 0 Å². The van der Waals surface area contributed by atoms with Crippen molar-refractivity contribution in [3.05, 3.63) is 42.7 Å². The van der Waals surface area contributed by atoms with E-state index in [2.05, 4.69) is 16.0 Å². The van der Waals surface area contributed by atoms with Crippen LogP contribution in [0.2, 0.25) is 0 Å². The number of benzene rings is 1. The van der Waals surface area contributed by atoms with Crippen molar-refractivity contribution < 1.29 is 0 Å². The van der Waals surface area contributed by atoms with Crippen LogP contribution in [0, 0.1) is 11.3 Å². The molecule has 0 saturated heterocycles. The number of nitriles is 1. The highest BCUT2D eigenvalue weighted by Crippen LogP contribution is 2.23. The van der Waals surface area contributed by atoms with Crippen LogP contribution in [0.4, 0.5) is 17.3 Å². The maximum absolute atomic E-state index is 8.64. The molecule has 5 nitrogen and oxygen atoms in total. The van der Waals surface area contributed by atoms with Gasteiger partial charge in [-0.25, -0.2) is 9.97 Å². The number of aromatic nitrogens is 2. The van der Waals surface area contributed by atoms with Crippen molar-refractivity contribution in [2.24, 2.45) is 0 Å². The van der Waals surface area contributed by atoms with Gasteiger partial charge in [-0.05, 0) is 12.1 Å². The van der Waals surface area contributed by atoms with Gasteiger partial charge in [0.1, 0.15) is 18.0 Å². The van der Waals surface area contributed by atoms with E-state index >= 15 is 0 Å². The van der Waals surface area contributed by atoms with E-state index in [0.29, 0.717) is 13.0 Å². The fraction of sp³-hybridized carbons (Fsp3) is 0.267. The van der Waals surface area contributed by atoms with Gasteiger partial charge in [0.15, 0.2) is 0 Å². The summed E-state index contributed by atoms with van der Waals surface area (Å²) in [6.07, 6.45) is 2.03. The average Bonchev–Trinajstić information content (AvgIpc) is 2.52. The van der Waals surface area contributed by atoms with Crippen LogP contribution < -0.4 is 9.80 Å². The molecule has 102 valence electrons. The summed E-state index contributed by atoms with van der Waals surface area (Å²) in [6.45, 7) is 0.655. The van der Waals surface area contributed by atoms with Crippen molar-refractivity contribution in [2.75, 3.05) is 30.4 Å². The van der Waals surface area contributed by atoms with Gasteiger partial charge < -0.3 is 9.80 Å². The zero-order valence-electron chi connectivity index (χ0n) is 11.7. The maximum atomic E-state index is 8.64. The molecule has 0 aliphatic heterocycles. The molecular formula is C15H17N5. The molecule has 0 fully saturated rings. The largest absolute Gasteiger partial charge is 0.358 e. The molecule has 0 radical (unpaired) electrons. The van der Waals surface area contributed by atoms with E-state index < -0.39 is 0 Å². The topological polar surface area (TPSA) is 56.1 Å². The van der Waals surface area contributed by atoms with Crippen molar-refractivity contribution in [3.63, 3.8) is 0 Å². The third kappa shape index (κ3) is 3.23. The minimum absolute atomic E-state index is 0.477. The minimum atomic E-state index is 0.477. The summed E-state index contributed by atoms with van der Waals surface area (Å²) >= 11 is 0. The number of rotatable bonds is 5. The van der Waals surface area contributed by atoms with Crippen LogP contribution in [0.5, 0.6) is 0 Å². The van der Waals surface area contributed by atoms with Gasteiger partial charge in [0.25, 0.3) is 0 Å². The van der Waals surface area contributed by atoms with Crippen LogP contribution in [0.3, 0.4) is 0 Å². The summed E-state index contributed by atoms with van der Waals surface area (Å²) in [6, 6.07) is 14.1. The number of hydrogen-bond acceptors (Lipinski definition) is 5. The normalized spacial score (nSPS) is 9.85. The summed E-state index contributed by atoms with van der Waals surface area (Å²) in [5, 5.41) is 8.64. The first-order valence-corrected chi connectivity index (χ1v) is 6.41. The molecule has 20 heavy (non-hydrogen) atoms. The Bertz CT molecular complexity index is 591. The van der Waals surface area contributed by atoms with Crippen molar-refractivity contribution in [2.45, 2.75) is 6.42 Å². The molecule has 2 rings (SSSR count). The molecule has 0 bridgehead atoms. The zero-order chi connectivity index (χ0) is 14.4. The second-order valence-corrected chi connectivity index (χ2v) is 4.46. The number of nitrogens with zero attached hydrogens (tertiary/aromatic N) is 5. The Morgan fingerprint density at radius 2 is 1.80 bits per heavy atom. The van der Waals surface area contributed by atoms with Crippen LogP contribution in [-0.4, -0.2) is 30.6 Å². The fourth-order valence-corrected chi connectivity index (χ4v) is 1.85. The second kappa shape index (κ2) is 6.53. The lowest BCUT2D eigenvalue weighted by molar-refractivity contribution is 0.877. The Balaban J connectivity index is 2.19. The lowest BCUT2D eigenvalue weighted by atomic mass is 10.3. The van der Waals surface area contributed by atoms with Crippen LogP contribution >= 0.6 is 0 Å². The first kappa shape index (κ1) is 13.8. The molecule has 2 aromatic rings. The Kier molecular flexibility index (Phi) is 4.51. The monoisotopic (exact) mass is 267 g/mol. The van der Waals surface area contributed by atoms with Crippen LogP contribution in [0.15, 0.2) is 42.7 Å². The molecule has 0 saturated carbocycles. The average molecular weight is 267 g/mol. The molecule has 1 aromatic heterocycles. The molecule has 0 amide bonds. The van der Waals surface area contributed by atoms with Crippen molar-refractivity contribution in [1.82, 2.24) is 9.97 Å². The third-order valence-electron chi connectivity index (χ3n) is 3.08. The predicted octanol–water partition coefficient (Wildman–Crippen LogP) is 2.59. The predicted molar refractivity (Wildman–Crippen MR) is 80.0 cm³/mol. The van der Waals surface area contributed by atoms with E-state index in [9.17, 15) is 0 Å². The Labute approximate surface area is 119 Å².